The van der Waals surface area contributed by atoms with Gasteiger partial charge in [-0.1, -0.05) is 42.5 Å². The lowest BCUT2D eigenvalue weighted by molar-refractivity contribution is -0.121. The summed E-state index contributed by atoms with van der Waals surface area (Å²) in [5.41, 5.74) is 4.52. The average Bonchev–Trinajstić information content (AvgIpc) is 3.82. The van der Waals surface area contributed by atoms with E-state index < -0.39 is 6.10 Å². The SMILES string of the molecule is CCc1nn2cc(-c3nc4cc(OC)cc(OCc5csc(-c6ccc(C7CC(O)CN(C=O)C7)cc6)n5)c4s3)nc2s1. The number of carbonyl (C=O) groups excluding carboxylic acids is 1. The summed E-state index contributed by atoms with van der Waals surface area (Å²) < 4.78 is 14.6. The second kappa shape index (κ2) is 11.6. The first kappa shape index (κ1) is 27.9. The molecule has 4 aromatic heterocycles. The van der Waals surface area contributed by atoms with Gasteiger partial charge in [0.15, 0.2) is 0 Å². The standard InChI is InChI=1S/C30H28N6O4S3/c1-3-26-34-36-13-24(33-30(36)42-26)29-32-23-9-22(39-2)10-25(27(23)43-29)40-14-20-15-41-28(31-20)18-6-4-17(5-7-18)19-8-21(38)12-35(11-19)16-37/h4-7,9-10,13,15-16,19,21,38H,3,8,11-12,14H2,1-2H3. The van der Waals surface area contributed by atoms with Crippen molar-refractivity contribution in [3.05, 3.63) is 64.2 Å². The van der Waals surface area contributed by atoms with E-state index in [1.165, 1.54) is 11.3 Å². The van der Waals surface area contributed by atoms with Crippen LogP contribution in [0.4, 0.5) is 0 Å². The summed E-state index contributed by atoms with van der Waals surface area (Å²) in [4.78, 5) is 28.1. The zero-order valence-electron chi connectivity index (χ0n) is 23.5. The molecule has 0 bridgehead atoms. The molecule has 13 heteroatoms. The number of aromatic nitrogens is 5. The highest BCUT2D eigenvalue weighted by molar-refractivity contribution is 7.22. The van der Waals surface area contributed by atoms with Crippen molar-refractivity contribution in [1.82, 2.24) is 29.5 Å². The van der Waals surface area contributed by atoms with Crippen molar-refractivity contribution in [3.8, 4) is 32.8 Å². The molecular weight excluding hydrogens is 605 g/mol. The molecular formula is C30H28N6O4S3. The third-order valence-corrected chi connectivity index (χ3v) is 10.5. The quantitative estimate of drug-likeness (QED) is 0.204. The number of fused-ring (bicyclic) bond motifs is 2. The van der Waals surface area contributed by atoms with Crippen molar-refractivity contribution in [2.45, 2.75) is 38.4 Å². The number of imidazole rings is 1. The molecule has 43 heavy (non-hydrogen) atoms. The number of rotatable bonds is 9. The number of amides is 1. The molecule has 1 amide bonds. The summed E-state index contributed by atoms with van der Waals surface area (Å²) in [7, 11) is 1.63. The van der Waals surface area contributed by atoms with E-state index in [0.29, 0.717) is 37.6 Å². The summed E-state index contributed by atoms with van der Waals surface area (Å²) in [6.07, 6.45) is 3.77. The van der Waals surface area contributed by atoms with E-state index in [1.54, 1.807) is 34.7 Å². The lowest BCUT2D eigenvalue weighted by Gasteiger charge is -2.33. The molecule has 10 nitrogen and oxygen atoms in total. The van der Waals surface area contributed by atoms with Crippen molar-refractivity contribution in [2.75, 3.05) is 20.2 Å². The van der Waals surface area contributed by atoms with Crippen LogP contribution >= 0.6 is 34.0 Å². The second-order valence-electron chi connectivity index (χ2n) is 10.4. The predicted octanol–water partition coefficient (Wildman–Crippen LogP) is 5.65. The van der Waals surface area contributed by atoms with Crippen LogP contribution in [0, 0.1) is 0 Å². The van der Waals surface area contributed by atoms with Gasteiger partial charge in [0.1, 0.15) is 38.8 Å². The number of hydrogen-bond donors (Lipinski definition) is 1. The van der Waals surface area contributed by atoms with Crippen molar-refractivity contribution in [3.63, 3.8) is 0 Å². The number of benzene rings is 2. The highest BCUT2D eigenvalue weighted by Gasteiger charge is 2.26. The van der Waals surface area contributed by atoms with Crippen molar-refractivity contribution in [1.29, 1.82) is 0 Å². The number of likely N-dealkylation sites (tertiary alicyclic amines) is 1. The van der Waals surface area contributed by atoms with Gasteiger partial charge in [0.05, 0.1) is 35.3 Å². The molecule has 0 radical (unpaired) electrons. The fourth-order valence-electron chi connectivity index (χ4n) is 5.29. The van der Waals surface area contributed by atoms with Crippen LogP contribution in [0.5, 0.6) is 11.5 Å². The Hall–Kier alpha value is -3.91. The molecule has 2 aromatic carbocycles. The molecule has 0 saturated carbocycles. The molecule has 0 spiro atoms. The summed E-state index contributed by atoms with van der Waals surface area (Å²) >= 11 is 4.68. The smallest absolute Gasteiger partial charge is 0.212 e. The number of methoxy groups -OCH3 is 1. The Labute approximate surface area is 259 Å². The lowest BCUT2D eigenvalue weighted by Crippen LogP contribution is -2.41. The van der Waals surface area contributed by atoms with Crippen LogP contribution in [-0.2, 0) is 17.8 Å². The molecule has 5 heterocycles. The Kier molecular flexibility index (Phi) is 7.55. The van der Waals surface area contributed by atoms with E-state index >= 15 is 0 Å². The Morgan fingerprint density at radius 1 is 1.09 bits per heavy atom. The molecule has 2 unspecified atom stereocenters. The first-order chi connectivity index (χ1) is 21.0. The molecule has 1 saturated heterocycles. The van der Waals surface area contributed by atoms with Gasteiger partial charge in [-0.15, -0.1) is 22.7 Å². The largest absolute Gasteiger partial charge is 0.497 e. The minimum Gasteiger partial charge on any atom is -0.497 e. The van der Waals surface area contributed by atoms with Crippen LogP contribution in [0.1, 0.15) is 35.5 Å². The number of aliphatic hydroxyl groups excluding tert-OH is 1. The minimum absolute atomic E-state index is 0.117. The number of hydrogen-bond acceptors (Lipinski definition) is 11. The molecule has 6 aromatic rings. The monoisotopic (exact) mass is 632 g/mol. The molecule has 0 aliphatic carbocycles. The maximum absolute atomic E-state index is 11.2. The van der Waals surface area contributed by atoms with Gasteiger partial charge in [0.2, 0.25) is 11.4 Å². The van der Waals surface area contributed by atoms with E-state index in [1.807, 2.05) is 40.4 Å². The topological polar surface area (TPSA) is 115 Å². The van der Waals surface area contributed by atoms with Crippen molar-refractivity contribution in [2.24, 2.45) is 0 Å². The number of piperidine rings is 1. The van der Waals surface area contributed by atoms with E-state index in [9.17, 15) is 9.90 Å². The molecule has 1 aliphatic heterocycles. The van der Waals surface area contributed by atoms with Crippen LogP contribution in [-0.4, -0.2) is 67.3 Å². The fraction of sp³-hybridized carbons (Fsp3) is 0.300. The number of β-amino-alcohol motifs (C(OH)–C–C–N with tert-alkyl or cyclic N) is 1. The van der Waals surface area contributed by atoms with Crippen LogP contribution in [0.3, 0.4) is 0 Å². The van der Waals surface area contributed by atoms with Crippen molar-refractivity contribution >= 4 is 55.6 Å². The lowest BCUT2D eigenvalue weighted by atomic mass is 9.89. The number of aliphatic hydroxyl groups is 1. The van der Waals surface area contributed by atoms with Crippen LogP contribution in [0.25, 0.3) is 36.5 Å². The van der Waals surface area contributed by atoms with Gasteiger partial charge in [0, 0.05) is 42.1 Å². The third-order valence-electron chi connectivity index (χ3n) is 7.43. The minimum atomic E-state index is -0.498. The molecule has 1 aliphatic rings. The maximum atomic E-state index is 11.2. The molecule has 1 fully saturated rings. The molecule has 2 atom stereocenters. The number of carbonyl (C=O) groups is 1. The van der Waals surface area contributed by atoms with Gasteiger partial charge in [-0.3, -0.25) is 4.79 Å². The normalized spacial score (nSPS) is 17.1. The Morgan fingerprint density at radius 3 is 2.72 bits per heavy atom. The predicted molar refractivity (Wildman–Crippen MR) is 168 cm³/mol. The van der Waals surface area contributed by atoms with Gasteiger partial charge >= 0.3 is 0 Å². The van der Waals surface area contributed by atoms with Gasteiger partial charge in [-0.25, -0.2) is 19.5 Å². The Bertz CT molecular complexity index is 1880. The highest BCUT2D eigenvalue weighted by Crippen LogP contribution is 2.39. The van der Waals surface area contributed by atoms with Crippen LogP contribution < -0.4 is 9.47 Å². The summed E-state index contributed by atoms with van der Waals surface area (Å²) in [6, 6.07) is 12.0. The zero-order valence-corrected chi connectivity index (χ0v) is 25.9. The number of nitrogens with zero attached hydrogens (tertiary/aromatic N) is 6. The first-order valence-corrected chi connectivity index (χ1v) is 16.4. The number of aryl methyl sites for hydroxylation is 1. The maximum Gasteiger partial charge on any atom is 0.212 e. The van der Waals surface area contributed by atoms with Crippen LogP contribution in [0.15, 0.2) is 48.0 Å². The summed E-state index contributed by atoms with van der Waals surface area (Å²) in [5, 5.41) is 19.5. The van der Waals surface area contributed by atoms with E-state index in [0.717, 1.165) is 65.5 Å². The van der Waals surface area contributed by atoms with E-state index in [2.05, 4.69) is 24.2 Å². The Balaban J connectivity index is 1.08. The third kappa shape index (κ3) is 5.60. The number of ether oxygens (including phenoxy) is 2. The van der Waals surface area contributed by atoms with Gasteiger partial charge in [-0.05, 0) is 18.4 Å². The molecule has 7 rings (SSSR count). The van der Waals surface area contributed by atoms with Crippen LogP contribution in [0.2, 0.25) is 0 Å². The first-order valence-electron chi connectivity index (χ1n) is 13.9. The highest BCUT2D eigenvalue weighted by atomic mass is 32.1. The van der Waals surface area contributed by atoms with Gasteiger partial charge in [0.25, 0.3) is 0 Å². The Morgan fingerprint density at radius 2 is 1.95 bits per heavy atom. The van der Waals surface area contributed by atoms with E-state index in [-0.39, 0.29) is 5.92 Å². The number of thiazole rings is 2. The van der Waals surface area contributed by atoms with E-state index in [4.69, 9.17) is 24.4 Å². The summed E-state index contributed by atoms with van der Waals surface area (Å²) in [6.45, 7) is 3.40. The van der Waals surface area contributed by atoms with Crippen molar-refractivity contribution < 1.29 is 19.4 Å². The zero-order chi connectivity index (χ0) is 29.5. The van der Waals surface area contributed by atoms with Gasteiger partial charge < -0.3 is 19.5 Å². The fourth-order valence-corrected chi connectivity index (χ4v) is 7.88. The second-order valence-corrected chi connectivity index (χ2v) is 13.3. The average molecular weight is 633 g/mol. The molecule has 1 N–H and O–H groups in total. The van der Waals surface area contributed by atoms with Gasteiger partial charge in [-0.2, -0.15) is 5.10 Å². The molecule has 220 valence electrons. The summed E-state index contributed by atoms with van der Waals surface area (Å²) in [5.74, 6) is 1.47.